The Morgan fingerprint density at radius 1 is 1.44 bits per heavy atom. The molecule has 0 aliphatic carbocycles. The molecular formula is C11H12ClN2O2S2+. The van der Waals surface area contributed by atoms with E-state index in [1.165, 1.54) is 0 Å². The smallest absolute Gasteiger partial charge is 0.218 e. The van der Waals surface area contributed by atoms with Gasteiger partial charge in [0.05, 0.1) is 10.7 Å². The molecule has 2 saturated heterocycles. The maximum Gasteiger partial charge on any atom is 0.218 e. The van der Waals surface area contributed by atoms with Crippen molar-refractivity contribution in [2.75, 3.05) is 16.4 Å². The molecule has 7 heteroatoms. The van der Waals surface area contributed by atoms with Crippen molar-refractivity contribution in [1.29, 1.82) is 0 Å². The Balaban J connectivity index is 2.00. The molecule has 0 bridgehead atoms. The molecule has 1 aromatic rings. The van der Waals surface area contributed by atoms with Gasteiger partial charge in [0.25, 0.3) is 0 Å². The number of anilines is 1. The molecule has 18 heavy (non-hydrogen) atoms. The van der Waals surface area contributed by atoms with Gasteiger partial charge in [0.2, 0.25) is 10.2 Å². The lowest BCUT2D eigenvalue weighted by atomic mass is 10.1. The van der Waals surface area contributed by atoms with Crippen molar-refractivity contribution in [3.8, 4) is 0 Å². The minimum absolute atomic E-state index is 0.0636. The number of halogens is 1. The van der Waals surface area contributed by atoms with Gasteiger partial charge in [-0.15, -0.1) is 0 Å². The molecule has 96 valence electrons. The van der Waals surface area contributed by atoms with Gasteiger partial charge in [-0.3, -0.25) is 0 Å². The predicted molar refractivity (Wildman–Crippen MR) is 77.7 cm³/mol. The van der Waals surface area contributed by atoms with Crippen LogP contribution < -0.4 is 10.2 Å². The van der Waals surface area contributed by atoms with E-state index in [2.05, 4.69) is 5.32 Å². The summed E-state index contributed by atoms with van der Waals surface area (Å²) in [6.07, 6.45) is 0. The summed E-state index contributed by atoms with van der Waals surface area (Å²) in [5, 5.41) is 4.28. The monoisotopic (exact) mass is 303 g/mol. The zero-order chi connectivity index (χ0) is 12.9. The van der Waals surface area contributed by atoms with Crippen molar-refractivity contribution in [2.24, 2.45) is 0 Å². The Labute approximate surface area is 117 Å². The van der Waals surface area contributed by atoms with Crippen LogP contribution in [0.25, 0.3) is 0 Å². The van der Waals surface area contributed by atoms with E-state index in [0.717, 1.165) is 5.69 Å². The summed E-state index contributed by atoms with van der Waals surface area (Å²) in [6.45, 7) is 0. The van der Waals surface area contributed by atoms with Crippen LogP contribution in [0.15, 0.2) is 24.3 Å². The van der Waals surface area contributed by atoms with Gasteiger partial charge in [0.15, 0.2) is 16.6 Å². The third-order valence-corrected chi connectivity index (χ3v) is 5.68. The SMILES string of the molecule is O=[S+]1(O)C[C@H]2NC(=S)N(c3ccccc3Cl)[C@H]2C1. The standard InChI is InChI=1S/C11H11ClN2O2S2/c12-7-3-1-2-4-9(7)14-10-6-18(15,16)5-8(10)13-11(14)17/h1-4,8,10H,5-6H2,(H-,13,15,16,17)/p+1/t8-,10+/m1/s1. The van der Waals surface area contributed by atoms with Crippen LogP contribution in [0.1, 0.15) is 0 Å². The topological polar surface area (TPSA) is 52.6 Å². The first-order valence-electron chi connectivity index (χ1n) is 5.54. The second-order valence-corrected chi connectivity index (χ2v) is 7.56. The molecule has 2 N–H and O–H groups in total. The quantitative estimate of drug-likeness (QED) is 0.611. The van der Waals surface area contributed by atoms with E-state index in [9.17, 15) is 8.76 Å². The van der Waals surface area contributed by atoms with Gasteiger partial charge in [-0.05, 0) is 24.4 Å². The van der Waals surface area contributed by atoms with Crippen LogP contribution in [-0.2, 0) is 14.4 Å². The zero-order valence-corrected chi connectivity index (χ0v) is 11.8. The fraction of sp³-hybridized carbons (Fsp3) is 0.364. The number of nitrogens with one attached hydrogen (secondary N) is 1. The van der Waals surface area contributed by atoms with Crippen LogP contribution in [0.4, 0.5) is 5.69 Å². The first-order chi connectivity index (χ1) is 8.48. The average molecular weight is 304 g/mol. The van der Waals surface area contributed by atoms with Crippen molar-refractivity contribution in [3.05, 3.63) is 29.3 Å². The van der Waals surface area contributed by atoms with Crippen molar-refractivity contribution < 1.29 is 8.76 Å². The van der Waals surface area contributed by atoms with Gasteiger partial charge in [-0.2, -0.15) is 4.55 Å². The number of benzene rings is 1. The average Bonchev–Trinajstić information content (AvgIpc) is 2.70. The summed E-state index contributed by atoms with van der Waals surface area (Å²) >= 11 is 11.5. The van der Waals surface area contributed by atoms with Crippen LogP contribution in [0.2, 0.25) is 5.02 Å². The molecule has 2 aliphatic heterocycles. The predicted octanol–water partition coefficient (Wildman–Crippen LogP) is 1.76. The fourth-order valence-electron chi connectivity index (χ4n) is 2.55. The van der Waals surface area contributed by atoms with E-state index >= 15 is 0 Å². The highest BCUT2D eigenvalue weighted by Gasteiger charge is 2.54. The number of hydrogen-bond acceptors (Lipinski definition) is 2. The van der Waals surface area contributed by atoms with Gasteiger partial charge in [-0.25, -0.2) is 0 Å². The van der Waals surface area contributed by atoms with Gasteiger partial charge < -0.3 is 10.2 Å². The Hall–Kier alpha value is -0.690. The maximum absolute atomic E-state index is 11.8. The van der Waals surface area contributed by atoms with Gasteiger partial charge in [-0.1, -0.05) is 27.9 Å². The van der Waals surface area contributed by atoms with Gasteiger partial charge in [0.1, 0.15) is 12.1 Å². The lowest BCUT2D eigenvalue weighted by Gasteiger charge is -2.23. The molecule has 1 unspecified atom stereocenters. The number of fused-ring (bicyclic) bond motifs is 1. The Morgan fingerprint density at radius 2 is 2.17 bits per heavy atom. The number of thiocarbonyl (C=S) groups is 1. The minimum Gasteiger partial charge on any atom is -0.352 e. The van der Waals surface area contributed by atoms with E-state index in [0.29, 0.717) is 10.1 Å². The second kappa shape index (κ2) is 4.16. The molecule has 0 amide bonds. The largest absolute Gasteiger partial charge is 0.352 e. The summed E-state index contributed by atoms with van der Waals surface area (Å²) in [6, 6.07) is 7.23. The fourth-order valence-corrected chi connectivity index (χ4v) is 5.08. The van der Waals surface area contributed by atoms with Gasteiger partial charge in [0, 0.05) is 0 Å². The van der Waals surface area contributed by atoms with Crippen molar-refractivity contribution in [3.63, 3.8) is 0 Å². The lowest BCUT2D eigenvalue weighted by Crippen LogP contribution is -2.37. The molecule has 0 saturated carbocycles. The number of hydrogen-bond donors (Lipinski definition) is 2. The van der Waals surface area contributed by atoms with E-state index in [-0.39, 0.29) is 23.6 Å². The first-order valence-corrected chi connectivity index (χ1v) is 8.18. The van der Waals surface area contributed by atoms with E-state index in [1.54, 1.807) is 6.07 Å². The summed E-state index contributed by atoms with van der Waals surface area (Å²) in [7, 11) is -2.74. The molecule has 0 aromatic heterocycles. The highest BCUT2D eigenvalue weighted by molar-refractivity contribution is 7.98. The zero-order valence-electron chi connectivity index (χ0n) is 9.38. The molecular weight excluding hydrogens is 292 g/mol. The second-order valence-electron chi connectivity index (χ2n) is 4.55. The van der Waals surface area contributed by atoms with E-state index in [1.807, 2.05) is 23.1 Å². The Morgan fingerprint density at radius 3 is 2.89 bits per heavy atom. The molecule has 2 aliphatic rings. The van der Waals surface area contributed by atoms with Crippen LogP contribution >= 0.6 is 23.8 Å². The summed E-state index contributed by atoms with van der Waals surface area (Å²) in [4.78, 5) is 1.87. The van der Waals surface area contributed by atoms with E-state index in [4.69, 9.17) is 23.8 Å². The maximum atomic E-state index is 11.8. The van der Waals surface area contributed by atoms with Crippen molar-refractivity contribution >= 4 is 44.8 Å². The molecule has 3 rings (SSSR count). The summed E-state index contributed by atoms with van der Waals surface area (Å²) in [5.74, 6) is 0.481. The van der Waals surface area contributed by atoms with Crippen molar-refractivity contribution in [1.82, 2.24) is 5.32 Å². The molecule has 2 heterocycles. The van der Waals surface area contributed by atoms with Crippen LogP contribution in [-0.4, -0.2) is 33.3 Å². The number of rotatable bonds is 1. The number of para-hydroxylation sites is 1. The first kappa shape index (κ1) is 12.3. The summed E-state index contributed by atoms with van der Waals surface area (Å²) in [5.41, 5.74) is 0.793. The molecule has 0 spiro atoms. The van der Waals surface area contributed by atoms with Crippen LogP contribution in [0, 0.1) is 0 Å². The molecule has 1 aromatic carbocycles. The lowest BCUT2D eigenvalue weighted by molar-refractivity contribution is 0.502. The highest BCUT2D eigenvalue weighted by Crippen LogP contribution is 2.35. The van der Waals surface area contributed by atoms with Crippen molar-refractivity contribution in [2.45, 2.75) is 12.1 Å². The molecule has 2 fully saturated rings. The molecule has 3 atom stereocenters. The molecule has 0 radical (unpaired) electrons. The van der Waals surface area contributed by atoms with E-state index < -0.39 is 10.2 Å². The Bertz CT molecular complexity index is 566. The van der Waals surface area contributed by atoms with Gasteiger partial charge >= 0.3 is 0 Å². The summed E-state index contributed by atoms with van der Waals surface area (Å²) < 4.78 is 21.5. The minimum atomic E-state index is -2.74. The normalized spacial score (nSPS) is 34.6. The highest BCUT2D eigenvalue weighted by atomic mass is 35.5. The Kier molecular flexibility index (Phi) is 2.85. The third-order valence-electron chi connectivity index (χ3n) is 3.31. The number of nitrogens with zero attached hydrogens (tertiary/aromatic N) is 1. The molecule has 4 nitrogen and oxygen atoms in total. The van der Waals surface area contributed by atoms with Crippen LogP contribution in [0.5, 0.6) is 0 Å². The van der Waals surface area contributed by atoms with Crippen LogP contribution in [0.3, 0.4) is 0 Å². The third kappa shape index (κ3) is 1.93.